The molecule has 0 fully saturated rings. The van der Waals surface area contributed by atoms with Gasteiger partial charge in [0, 0.05) is 6.92 Å². The lowest BCUT2D eigenvalue weighted by molar-refractivity contribution is -0.156. The van der Waals surface area contributed by atoms with Gasteiger partial charge in [-0.15, -0.1) is 0 Å². The van der Waals surface area contributed by atoms with Gasteiger partial charge in [0.2, 0.25) is 0 Å². The standard InChI is InChI=1S/C17H22O5/c1-13(18)22-17(2,15(20-3)12-16(19)21-4)11-10-14-8-6-5-7-9-14/h5-9,12H,10-11H2,1-4H3/b15-12-. The van der Waals surface area contributed by atoms with E-state index in [4.69, 9.17) is 9.47 Å². The number of carbonyl (C=O) groups is 2. The molecule has 0 aliphatic heterocycles. The molecule has 1 unspecified atom stereocenters. The van der Waals surface area contributed by atoms with Crippen molar-refractivity contribution in [3.63, 3.8) is 0 Å². The normalized spacial score (nSPS) is 13.9. The second-order valence-electron chi connectivity index (χ2n) is 5.05. The molecule has 0 aliphatic rings. The fourth-order valence-electron chi connectivity index (χ4n) is 2.16. The van der Waals surface area contributed by atoms with Gasteiger partial charge in [-0.2, -0.15) is 0 Å². The van der Waals surface area contributed by atoms with Crippen LogP contribution in [-0.4, -0.2) is 31.8 Å². The highest BCUT2D eigenvalue weighted by atomic mass is 16.6. The van der Waals surface area contributed by atoms with Gasteiger partial charge in [-0.3, -0.25) is 4.79 Å². The van der Waals surface area contributed by atoms with E-state index in [1.54, 1.807) is 6.92 Å². The number of carbonyl (C=O) groups excluding carboxylic acids is 2. The average Bonchev–Trinajstić information content (AvgIpc) is 2.50. The highest BCUT2D eigenvalue weighted by molar-refractivity contribution is 5.82. The molecule has 1 atom stereocenters. The summed E-state index contributed by atoms with van der Waals surface area (Å²) in [6.07, 6.45) is 2.35. The Balaban J connectivity index is 2.99. The third kappa shape index (κ3) is 5.24. The first-order valence-corrected chi connectivity index (χ1v) is 6.99. The van der Waals surface area contributed by atoms with Crippen molar-refractivity contribution in [1.82, 2.24) is 0 Å². The summed E-state index contributed by atoms with van der Waals surface area (Å²) in [5.74, 6) is -0.746. The Bertz CT molecular complexity index is 535. The summed E-state index contributed by atoms with van der Waals surface area (Å²) in [5, 5.41) is 0. The summed E-state index contributed by atoms with van der Waals surface area (Å²) in [6, 6.07) is 9.81. The number of ether oxygens (including phenoxy) is 3. The number of hydrogen-bond acceptors (Lipinski definition) is 5. The first-order valence-electron chi connectivity index (χ1n) is 6.99. The zero-order chi connectivity index (χ0) is 16.6. The molecule has 0 saturated carbocycles. The van der Waals surface area contributed by atoms with Crippen molar-refractivity contribution < 1.29 is 23.8 Å². The molecule has 120 valence electrons. The minimum Gasteiger partial charge on any atom is -0.497 e. The van der Waals surface area contributed by atoms with Crippen molar-refractivity contribution >= 4 is 11.9 Å². The molecule has 0 amide bonds. The SMILES string of the molecule is COC(=O)/C=C(\OC)C(C)(CCc1ccccc1)OC(C)=O. The number of methoxy groups -OCH3 is 2. The van der Waals surface area contributed by atoms with E-state index in [1.165, 1.54) is 27.2 Å². The van der Waals surface area contributed by atoms with Crippen molar-refractivity contribution in [3.05, 3.63) is 47.7 Å². The third-order valence-electron chi connectivity index (χ3n) is 3.29. The van der Waals surface area contributed by atoms with Gasteiger partial charge in [0.15, 0.2) is 5.60 Å². The van der Waals surface area contributed by atoms with Crippen molar-refractivity contribution in [2.45, 2.75) is 32.3 Å². The Morgan fingerprint density at radius 2 is 1.77 bits per heavy atom. The van der Waals surface area contributed by atoms with Gasteiger partial charge in [-0.05, 0) is 25.3 Å². The molecule has 5 nitrogen and oxygen atoms in total. The minimum atomic E-state index is -1.04. The summed E-state index contributed by atoms with van der Waals surface area (Å²) in [6.45, 7) is 3.04. The van der Waals surface area contributed by atoms with E-state index in [1.807, 2.05) is 30.3 Å². The lowest BCUT2D eigenvalue weighted by Gasteiger charge is -2.30. The molecule has 1 rings (SSSR count). The fourth-order valence-corrected chi connectivity index (χ4v) is 2.16. The Labute approximate surface area is 130 Å². The number of hydrogen-bond donors (Lipinski definition) is 0. The van der Waals surface area contributed by atoms with Crippen LogP contribution in [0, 0.1) is 0 Å². The second-order valence-corrected chi connectivity index (χ2v) is 5.05. The maximum Gasteiger partial charge on any atom is 0.334 e. The highest BCUT2D eigenvalue weighted by Crippen LogP contribution is 2.28. The van der Waals surface area contributed by atoms with E-state index >= 15 is 0 Å². The van der Waals surface area contributed by atoms with E-state index in [0.717, 1.165) is 5.56 Å². The van der Waals surface area contributed by atoms with Gasteiger partial charge in [-0.1, -0.05) is 30.3 Å². The molecule has 0 bridgehead atoms. The lowest BCUT2D eigenvalue weighted by atomic mass is 9.94. The zero-order valence-corrected chi connectivity index (χ0v) is 13.4. The summed E-state index contributed by atoms with van der Waals surface area (Å²) < 4.78 is 15.3. The maximum atomic E-state index is 11.5. The number of rotatable bonds is 7. The summed E-state index contributed by atoms with van der Waals surface area (Å²) >= 11 is 0. The first-order chi connectivity index (χ1) is 10.4. The number of benzene rings is 1. The van der Waals surface area contributed by atoms with Gasteiger partial charge in [-0.25, -0.2) is 4.79 Å². The number of aryl methyl sites for hydroxylation is 1. The third-order valence-corrected chi connectivity index (χ3v) is 3.29. The van der Waals surface area contributed by atoms with Crippen LogP contribution in [0.1, 0.15) is 25.8 Å². The number of esters is 2. The molecule has 0 N–H and O–H groups in total. The van der Waals surface area contributed by atoms with Crippen LogP contribution in [-0.2, 0) is 30.2 Å². The van der Waals surface area contributed by atoms with Gasteiger partial charge >= 0.3 is 11.9 Å². The average molecular weight is 306 g/mol. The van der Waals surface area contributed by atoms with Crippen LogP contribution in [0.3, 0.4) is 0 Å². The van der Waals surface area contributed by atoms with E-state index < -0.39 is 17.5 Å². The molecule has 0 heterocycles. The van der Waals surface area contributed by atoms with Gasteiger partial charge in [0.05, 0.1) is 20.3 Å². The maximum absolute atomic E-state index is 11.5. The quantitative estimate of drug-likeness (QED) is 0.440. The smallest absolute Gasteiger partial charge is 0.334 e. The van der Waals surface area contributed by atoms with Crippen LogP contribution < -0.4 is 0 Å². The summed E-state index contributed by atoms with van der Waals surface area (Å²) in [4.78, 5) is 22.9. The van der Waals surface area contributed by atoms with Gasteiger partial charge in [0.1, 0.15) is 5.76 Å². The van der Waals surface area contributed by atoms with Crippen LogP contribution in [0.15, 0.2) is 42.2 Å². The van der Waals surface area contributed by atoms with E-state index in [2.05, 4.69) is 4.74 Å². The molecule has 0 spiro atoms. The van der Waals surface area contributed by atoms with Crippen molar-refractivity contribution in [2.24, 2.45) is 0 Å². The lowest BCUT2D eigenvalue weighted by Crippen LogP contribution is -2.35. The molecule has 1 aromatic carbocycles. The monoisotopic (exact) mass is 306 g/mol. The van der Waals surface area contributed by atoms with Crippen LogP contribution in [0.2, 0.25) is 0 Å². The molecule has 0 radical (unpaired) electrons. The van der Waals surface area contributed by atoms with Crippen molar-refractivity contribution in [3.8, 4) is 0 Å². The molecule has 1 aromatic rings. The second kappa shape index (κ2) is 8.22. The fraction of sp³-hybridized carbons (Fsp3) is 0.412. The van der Waals surface area contributed by atoms with E-state index in [0.29, 0.717) is 12.8 Å². The Morgan fingerprint density at radius 3 is 2.27 bits per heavy atom. The van der Waals surface area contributed by atoms with Gasteiger partial charge < -0.3 is 14.2 Å². The minimum absolute atomic E-state index is 0.255. The van der Waals surface area contributed by atoms with Crippen LogP contribution in [0.5, 0.6) is 0 Å². The van der Waals surface area contributed by atoms with Crippen molar-refractivity contribution in [2.75, 3.05) is 14.2 Å². The topological polar surface area (TPSA) is 61.8 Å². The summed E-state index contributed by atoms with van der Waals surface area (Å²) in [5.41, 5.74) is 0.0688. The van der Waals surface area contributed by atoms with E-state index in [9.17, 15) is 9.59 Å². The largest absolute Gasteiger partial charge is 0.497 e. The molecule has 5 heteroatoms. The first kappa shape index (κ1) is 17.8. The Hall–Kier alpha value is -2.30. The Morgan fingerprint density at radius 1 is 1.14 bits per heavy atom. The molecule has 0 aromatic heterocycles. The zero-order valence-electron chi connectivity index (χ0n) is 13.4. The Kier molecular flexibility index (Phi) is 6.63. The predicted molar refractivity (Wildman–Crippen MR) is 82.0 cm³/mol. The van der Waals surface area contributed by atoms with Crippen molar-refractivity contribution in [1.29, 1.82) is 0 Å². The highest BCUT2D eigenvalue weighted by Gasteiger charge is 2.34. The van der Waals surface area contributed by atoms with Gasteiger partial charge in [0.25, 0.3) is 0 Å². The van der Waals surface area contributed by atoms with Crippen LogP contribution in [0.25, 0.3) is 0 Å². The van der Waals surface area contributed by atoms with Crippen LogP contribution in [0.4, 0.5) is 0 Å². The molecule has 0 aliphatic carbocycles. The molecular weight excluding hydrogens is 284 g/mol. The molecular formula is C17H22O5. The predicted octanol–water partition coefficient (Wildman–Crippen LogP) is 2.64. The van der Waals surface area contributed by atoms with Crippen LogP contribution >= 0.6 is 0 Å². The summed E-state index contributed by atoms with van der Waals surface area (Å²) in [7, 11) is 2.71. The molecule has 0 saturated heterocycles. The van der Waals surface area contributed by atoms with E-state index in [-0.39, 0.29) is 5.76 Å². The molecule has 22 heavy (non-hydrogen) atoms.